The summed E-state index contributed by atoms with van der Waals surface area (Å²) < 4.78 is 2.39. The SMILES string of the molecule is Cc1c2c(cc3c1-c1c(c(CC(C)(C)C)cc[n+]1C)C(C)(C)C3(C)C)-c1ccccc1C2. The number of pyridine rings is 1. The summed E-state index contributed by atoms with van der Waals surface area (Å²) in [5, 5.41) is 0. The Hall–Kier alpha value is -2.41. The van der Waals surface area contributed by atoms with Crippen LogP contribution in [-0.4, -0.2) is 0 Å². The van der Waals surface area contributed by atoms with E-state index in [9.17, 15) is 0 Å². The van der Waals surface area contributed by atoms with Crippen molar-refractivity contribution in [3.63, 3.8) is 0 Å². The first-order valence-corrected chi connectivity index (χ1v) is 12.1. The van der Waals surface area contributed by atoms with Gasteiger partial charge in [0.2, 0.25) is 5.69 Å². The summed E-state index contributed by atoms with van der Waals surface area (Å²) in [7, 11) is 2.24. The molecule has 0 atom stereocenters. The summed E-state index contributed by atoms with van der Waals surface area (Å²) >= 11 is 0. The summed E-state index contributed by atoms with van der Waals surface area (Å²) in [6.45, 7) is 19.3. The first-order valence-electron chi connectivity index (χ1n) is 12.1. The molecule has 0 fully saturated rings. The zero-order chi connectivity index (χ0) is 23.2. The average Bonchev–Trinajstić information content (AvgIpc) is 3.06. The van der Waals surface area contributed by atoms with Gasteiger partial charge in [0, 0.05) is 17.0 Å². The van der Waals surface area contributed by atoms with Gasteiger partial charge in [0.15, 0.2) is 6.20 Å². The molecule has 1 aromatic heterocycles. The van der Waals surface area contributed by atoms with Crippen molar-refractivity contribution in [1.82, 2.24) is 0 Å². The lowest BCUT2D eigenvalue weighted by molar-refractivity contribution is -0.661. The van der Waals surface area contributed by atoms with Gasteiger partial charge in [-0.2, -0.15) is 0 Å². The van der Waals surface area contributed by atoms with Gasteiger partial charge in [-0.25, -0.2) is 4.57 Å². The van der Waals surface area contributed by atoms with E-state index < -0.39 is 0 Å². The Labute approximate surface area is 194 Å². The number of aromatic nitrogens is 1. The molecule has 0 amide bonds. The van der Waals surface area contributed by atoms with Crippen molar-refractivity contribution in [2.75, 3.05) is 0 Å². The molecule has 0 saturated carbocycles. The van der Waals surface area contributed by atoms with Crippen molar-refractivity contribution in [1.29, 1.82) is 0 Å². The average molecular weight is 425 g/mol. The maximum atomic E-state index is 2.55. The molecule has 0 unspecified atom stereocenters. The van der Waals surface area contributed by atoms with Gasteiger partial charge in [-0.15, -0.1) is 0 Å². The Morgan fingerprint density at radius 3 is 2.31 bits per heavy atom. The minimum Gasteiger partial charge on any atom is -0.201 e. The minimum absolute atomic E-state index is 0.0215. The van der Waals surface area contributed by atoms with Crippen LogP contribution in [0, 0.1) is 12.3 Å². The van der Waals surface area contributed by atoms with E-state index in [2.05, 4.69) is 110 Å². The Morgan fingerprint density at radius 2 is 1.62 bits per heavy atom. The summed E-state index contributed by atoms with van der Waals surface area (Å²) in [6, 6.07) is 13.9. The van der Waals surface area contributed by atoms with Gasteiger partial charge in [0.1, 0.15) is 7.05 Å². The fourth-order valence-electron chi connectivity index (χ4n) is 6.31. The highest BCUT2D eigenvalue weighted by atomic mass is 14.9. The molecule has 2 aliphatic carbocycles. The lowest BCUT2D eigenvalue weighted by Gasteiger charge is -2.48. The molecule has 166 valence electrons. The smallest absolute Gasteiger partial charge is 0.201 e. The zero-order valence-corrected chi connectivity index (χ0v) is 21.4. The Morgan fingerprint density at radius 1 is 0.938 bits per heavy atom. The summed E-state index contributed by atoms with van der Waals surface area (Å²) in [6.07, 6.45) is 4.44. The molecule has 32 heavy (non-hydrogen) atoms. The number of hydrogen-bond acceptors (Lipinski definition) is 0. The van der Waals surface area contributed by atoms with Crippen LogP contribution in [0.1, 0.15) is 81.8 Å². The van der Waals surface area contributed by atoms with Crippen LogP contribution >= 0.6 is 0 Å². The quantitative estimate of drug-likeness (QED) is 0.284. The predicted octanol–water partition coefficient (Wildman–Crippen LogP) is 7.22. The molecule has 2 aromatic carbocycles. The molecule has 5 rings (SSSR count). The summed E-state index contributed by atoms with van der Waals surface area (Å²) in [4.78, 5) is 0. The van der Waals surface area contributed by atoms with Crippen molar-refractivity contribution in [2.45, 2.75) is 79.1 Å². The molecular weight excluding hydrogens is 386 g/mol. The number of hydrogen-bond donors (Lipinski definition) is 0. The van der Waals surface area contributed by atoms with Gasteiger partial charge < -0.3 is 0 Å². The van der Waals surface area contributed by atoms with Gasteiger partial charge in [0.05, 0.1) is 5.56 Å². The molecule has 0 aliphatic heterocycles. The zero-order valence-electron chi connectivity index (χ0n) is 21.4. The van der Waals surface area contributed by atoms with E-state index in [1.165, 1.54) is 50.2 Å². The van der Waals surface area contributed by atoms with Crippen LogP contribution in [-0.2, 0) is 30.7 Å². The fraction of sp³-hybridized carbons (Fsp3) is 0.452. The second-order valence-corrected chi connectivity index (χ2v) is 12.4. The van der Waals surface area contributed by atoms with E-state index in [4.69, 9.17) is 0 Å². The van der Waals surface area contributed by atoms with Gasteiger partial charge in [-0.05, 0) is 75.6 Å². The van der Waals surface area contributed by atoms with Crippen LogP contribution in [0.2, 0.25) is 0 Å². The molecule has 0 bridgehead atoms. The van der Waals surface area contributed by atoms with Crippen LogP contribution in [0.5, 0.6) is 0 Å². The molecule has 0 N–H and O–H groups in total. The Kier molecular flexibility index (Phi) is 4.40. The highest BCUT2D eigenvalue weighted by molar-refractivity contribution is 5.86. The molecule has 3 aromatic rings. The Bertz CT molecular complexity index is 1260. The number of aryl methyl sites for hydroxylation is 1. The van der Waals surface area contributed by atoms with Crippen LogP contribution < -0.4 is 4.57 Å². The molecule has 2 aliphatic rings. The third kappa shape index (κ3) is 2.79. The minimum atomic E-state index is 0.0215. The van der Waals surface area contributed by atoms with E-state index in [-0.39, 0.29) is 16.2 Å². The fourth-order valence-corrected chi connectivity index (χ4v) is 6.31. The van der Waals surface area contributed by atoms with Crippen molar-refractivity contribution in [3.8, 4) is 22.4 Å². The molecule has 0 saturated heterocycles. The number of benzene rings is 2. The van der Waals surface area contributed by atoms with E-state index >= 15 is 0 Å². The second-order valence-electron chi connectivity index (χ2n) is 12.4. The van der Waals surface area contributed by atoms with E-state index in [0.29, 0.717) is 0 Å². The molecule has 1 heteroatoms. The first-order chi connectivity index (χ1) is 14.8. The van der Waals surface area contributed by atoms with Crippen molar-refractivity contribution in [3.05, 3.63) is 76.0 Å². The van der Waals surface area contributed by atoms with Crippen molar-refractivity contribution < 1.29 is 4.57 Å². The number of rotatable bonds is 1. The second kappa shape index (κ2) is 6.56. The molecule has 0 radical (unpaired) electrons. The molecular formula is C31H38N+. The molecule has 1 nitrogen and oxygen atoms in total. The predicted molar refractivity (Wildman–Crippen MR) is 135 cm³/mol. The highest BCUT2D eigenvalue weighted by Crippen LogP contribution is 2.57. The van der Waals surface area contributed by atoms with Crippen LogP contribution in [0.25, 0.3) is 22.4 Å². The third-order valence-electron chi connectivity index (χ3n) is 8.61. The van der Waals surface area contributed by atoms with E-state index in [1.807, 2.05) is 0 Å². The molecule has 1 heterocycles. The van der Waals surface area contributed by atoms with Gasteiger partial charge in [0.25, 0.3) is 0 Å². The normalized spacial score (nSPS) is 17.4. The van der Waals surface area contributed by atoms with E-state index in [1.54, 1.807) is 5.56 Å². The largest absolute Gasteiger partial charge is 0.216 e. The number of nitrogens with zero attached hydrogens (tertiary/aromatic N) is 1. The third-order valence-corrected chi connectivity index (χ3v) is 8.61. The van der Waals surface area contributed by atoms with Gasteiger partial charge in [-0.1, -0.05) is 72.7 Å². The number of fused-ring (bicyclic) bond motifs is 6. The van der Waals surface area contributed by atoms with Crippen molar-refractivity contribution in [2.24, 2.45) is 12.5 Å². The standard InChI is InChI=1S/C31H38N/c1-19-23-16-20-12-10-11-13-22(20)24(23)17-25-26(19)28-27(31(7,8)30(25,5)6)21(14-15-32(28)9)18-29(2,3)4/h10-15,17H,16,18H2,1-9H3/q+1. The maximum absolute atomic E-state index is 2.55. The first kappa shape index (κ1) is 21.4. The Balaban J connectivity index is 1.89. The summed E-state index contributed by atoms with van der Waals surface area (Å²) in [5.41, 5.74) is 15.1. The lowest BCUT2D eigenvalue weighted by Crippen LogP contribution is -2.49. The van der Waals surface area contributed by atoms with Gasteiger partial charge in [-0.3, -0.25) is 0 Å². The lowest BCUT2D eigenvalue weighted by atomic mass is 9.54. The summed E-state index contributed by atoms with van der Waals surface area (Å²) in [5.74, 6) is 0. The van der Waals surface area contributed by atoms with Crippen LogP contribution in [0.15, 0.2) is 42.6 Å². The maximum Gasteiger partial charge on any atom is 0.216 e. The highest BCUT2D eigenvalue weighted by Gasteiger charge is 2.51. The van der Waals surface area contributed by atoms with Crippen LogP contribution in [0.4, 0.5) is 0 Å². The van der Waals surface area contributed by atoms with Gasteiger partial charge >= 0.3 is 0 Å². The van der Waals surface area contributed by atoms with Crippen LogP contribution in [0.3, 0.4) is 0 Å². The monoisotopic (exact) mass is 424 g/mol. The molecule has 0 spiro atoms. The van der Waals surface area contributed by atoms with E-state index in [0.717, 1.165) is 12.8 Å². The van der Waals surface area contributed by atoms with Crippen molar-refractivity contribution >= 4 is 0 Å². The topological polar surface area (TPSA) is 3.88 Å².